The molecule has 0 spiro atoms. The van der Waals surface area contributed by atoms with Crippen LogP contribution in [-0.2, 0) is 20.8 Å². The number of hydrogen-bond donors (Lipinski definition) is 0. The number of halogens is 1. The van der Waals surface area contributed by atoms with Crippen molar-refractivity contribution in [2.75, 3.05) is 0 Å². The fourth-order valence-electron chi connectivity index (χ4n) is 4.43. The van der Waals surface area contributed by atoms with Crippen LogP contribution in [0.3, 0.4) is 0 Å². The van der Waals surface area contributed by atoms with Gasteiger partial charge in [0.05, 0.1) is 10.8 Å². The molecule has 0 saturated heterocycles. The van der Waals surface area contributed by atoms with E-state index in [4.69, 9.17) is 11.6 Å². The number of rotatable bonds is 3. The van der Waals surface area contributed by atoms with E-state index in [-0.39, 0.29) is 17.3 Å². The summed E-state index contributed by atoms with van der Waals surface area (Å²) >= 11 is 6.10. The quantitative estimate of drug-likeness (QED) is 0.606. The number of hydrogen-bond acceptors (Lipinski definition) is 3. The van der Waals surface area contributed by atoms with E-state index >= 15 is 0 Å². The number of carbonyl (C=O) groups is 3. The predicted molar refractivity (Wildman–Crippen MR) is 116 cm³/mol. The Bertz CT molecular complexity index is 1000. The normalized spacial score (nSPS) is 18.9. The van der Waals surface area contributed by atoms with Crippen molar-refractivity contribution in [2.45, 2.75) is 53.9 Å². The third-order valence-electron chi connectivity index (χ3n) is 6.23. The summed E-state index contributed by atoms with van der Waals surface area (Å²) in [6.45, 7) is 10.5. The minimum atomic E-state index is -1.20. The number of carbonyl (C=O) groups excluding carboxylic acids is 3. The van der Waals surface area contributed by atoms with Gasteiger partial charge in [-0.3, -0.25) is 14.4 Å². The second-order valence-electron chi connectivity index (χ2n) is 8.97. The summed E-state index contributed by atoms with van der Waals surface area (Å²) < 4.78 is 0. The number of ketones is 3. The summed E-state index contributed by atoms with van der Waals surface area (Å²) in [6, 6.07) is 11.6. The van der Waals surface area contributed by atoms with Gasteiger partial charge in [-0.2, -0.15) is 0 Å². The lowest BCUT2D eigenvalue weighted by Crippen LogP contribution is -2.56. The summed E-state index contributed by atoms with van der Waals surface area (Å²) in [5, 5.41) is 0.663. The maximum absolute atomic E-state index is 13.3. The van der Waals surface area contributed by atoms with Crippen molar-refractivity contribution in [1.29, 1.82) is 0 Å². The molecule has 0 aliphatic heterocycles. The molecule has 3 rings (SSSR count). The maximum atomic E-state index is 13.3. The average molecular weight is 411 g/mol. The van der Waals surface area contributed by atoms with Crippen LogP contribution in [0.25, 0.3) is 11.1 Å². The topological polar surface area (TPSA) is 51.2 Å². The van der Waals surface area contributed by atoms with Gasteiger partial charge in [0.2, 0.25) is 0 Å². The van der Waals surface area contributed by atoms with Crippen molar-refractivity contribution in [3.63, 3.8) is 0 Å². The van der Waals surface area contributed by atoms with E-state index in [2.05, 4.69) is 0 Å². The van der Waals surface area contributed by atoms with Gasteiger partial charge in [0.25, 0.3) is 0 Å². The molecule has 0 amide bonds. The van der Waals surface area contributed by atoms with Crippen LogP contribution in [0, 0.1) is 17.8 Å². The highest BCUT2D eigenvalue weighted by Crippen LogP contribution is 2.46. The zero-order valence-electron chi connectivity index (χ0n) is 17.9. The fraction of sp³-hybridized carbons (Fsp3) is 0.400. The fourth-order valence-corrected chi connectivity index (χ4v) is 4.66. The lowest BCUT2D eigenvalue weighted by Gasteiger charge is -2.41. The predicted octanol–water partition coefficient (Wildman–Crippen LogP) is 5.73. The van der Waals surface area contributed by atoms with Gasteiger partial charge in [0, 0.05) is 5.02 Å². The number of benzene rings is 2. The minimum absolute atomic E-state index is 0.306. The lowest BCUT2D eigenvalue weighted by atomic mass is 9.57. The molecule has 2 aromatic carbocycles. The summed E-state index contributed by atoms with van der Waals surface area (Å²) in [5.74, 6) is -1.86. The first-order chi connectivity index (χ1) is 13.4. The van der Waals surface area contributed by atoms with E-state index in [1.165, 1.54) is 0 Å². The first-order valence-corrected chi connectivity index (χ1v) is 10.3. The highest BCUT2D eigenvalue weighted by molar-refractivity contribution is 6.31. The molecule has 0 aromatic heterocycles. The third-order valence-corrected chi connectivity index (χ3v) is 6.46. The van der Waals surface area contributed by atoms with Gasteiger partial charge in [-0.15, -0.1) is 0 Å². The molecule has 0 bridgehead atoms. The molecule has 1 aliphatic rings. The van der Waals surface area contributed by atoms with Crippen molar-refractivity contribution in [1.82, 2.24) is 0 Å². The molecule has 0 N–H and O–H groups in total. The third kappa shape index (κ3) is 3.36. The molecular formula is C25H27ClO3. The van der Waals surface area contributed by atoms with Crippen LogP contribution in [0.1, 0.15) is 57.2 Å². The minimum Gasteiger partial charge on any atom is -0.298 e. The van der Waals surface area contributed by atoms with Crippen LogP contribution in [0.15, 0.2) is 36.4 Å². The Morgan fingerprint density at radius 1 is 0.897 bits per heavy atom. The summed E-state index contributed by atoms with van der Waals surface area (Å²) in [4.78, 5) is 39.5. The van der Waals surface area contributed by atoms with Crippen LogP contribution in [0.4, 0.5) is 0 Å². The molecule has 29 heavy (non-hydrogen) atoms. The molecule has 2 aromatic rings. The molecule has 152 valence electrons. The van der Waals surface area contributed by atoms with Gasteiger partial charge in [-0.1, -0.05) is 36.7 Å². The first-order valence-electron chi connectivity index (χ1n) is 9.95. The first kappa shape index (κ1) is 21.4. The van der Waals surface area contributed by atoms with E-state index in [1.807, 2.05) is 50.2 Å². The number of Topliss-reactive ketones (excluding diaryl/α,β-unsaturated/α-hetero) is 3. The molecule has 3 nitrogen and oxygen atoms in total. The van der Waals surface area contributed by atoms with Gasteiger partial charge in [0.1, 0.15) is 5.92 Å². The Hall–Kier alpha value is -2.26. The molecule has 0 heterocycles. The summed E-state index contributed by atoms with van der Waals surface area (Å²) in [5.41, 5.74) is 2.22. The van der Waals surface area contributed by atoms with Gasteiger partial charge in [0.15, 0.2) is 17.3 Å². The second kappa shape index (κ2) is 7.21. The molecule has 1 aliphatic carbocycles. The van der Waals surface area contributed by atoms with Crippen LogP contribution < -0.4 is 0 Å². The molecule has 0 radical (unpaired) electrons. The Labute approximate surface area is 177 Å². The Morgan fingerprint density at radius 3 is 2.00 bits per heavy atom. The van der Waals surface area contributed by atoms with Gasteiger partial charge in [-0.25, -0.2) is 0 Å². The monoisotopic (exact) mass is 410 g/mol. The molecule has 0 unspecified atom stereocenters. The lowest BCUT2D eigenvalue weighted by molar-refractivity contribution is -0.157. The zero-order valence-corrected chi connectivity index (χ0v) is 18.6. The average Bonchev–Trinajstić information content (AvgIpc) is 2.66. The van der Waals surface area contributed by atoms with Crippen molar-refractivity contribution < 1.29 is 14.4 Å². The molecule has 1 fully saturated rings. The highest BCUT2D eigenvalue weighted by Gasteiger charge is 2.58. The van der Waals surface area contributed by atoms with E-state index in [0.29, 0.717) is 17.0 Å². The summed E-state index contributed by atoms with van der Waals surface area (Å²) in [7, 11) is 0. The van der Waals surface area contributed by atoms with E-state index < -0.39 is 16.7 Å². The molecular weight excluding hydrogens is 384 g/mol. The van der Waals surface area contributed by atoms with Crippen LogP contribution in [-0.4, -0.2) is 17.3 Å². The van der Waals surface area contributed by atoms with Gasteiger partial charge < -0.3 is 0 Å². The Morgan fingerprint density at radius 2 is 1.48 bits per heavy atom. The van der Waals surface area contributed by atoms with Crippen LogP contribution in [0.2, 0.25) is 5.02 Å². The van der Waals surface area contributed by atoms with Crippen LogP contribution in [0.5, 0.6) is 0 Å². The zero-order chi connectivity index (χ0) is 21.7. The Kier molecular flexibility index (Phi) is 5.33. The molecule has 4 heteroatoms. The van der Waals surface area contributed by atoms with Gasteiger partial charge >= 0.3 is 0 Å². The molecule has 1 saturated carbocycles. The van der Waals surface area contributed by atoms with Crippen molar-refractivity contribution >= 4 is 29.0 Å². The van der Waals surface area contributed by atoms with Crippen molar-refractivity contribution in [2.24, 2.45) is 10.8 Å². The Balaban J connectivity index is 2.22. The highest BCUT2D eigenvalue weighted by atomic mass is 35.5. The standard InChI is InChI=1S/C25H27ClO3/c1-7-15-8-9-16(18-11-10-17(26)12-14(18)2)13-19(15)20-21(27)24(3,4)23(29)25(5,6)22(20)28/h8-13,20H,7H2,1-6H3. The maximum Gasteiger partial charge on any atom is 0.160 e. The van der Waals surface area contributed by atoms with Crippen molar-refractivity contribution in [3.05, 3.63) is 58.1 Å². The van der Waals surface area contributed by atoms with E-state index in [9.17, 15) is 14.4 Å². The largest absolute Gasteiger partial charge is 0.298 e. The van der Waals surface area contributed by atoms with Crippen LogP contribution >= 0.6 is 11.6 Å². The second-order valence-corrected chi connectivity index (χ2v) is 9.40. The van der Waals surface area contributed by atoms with E-state index in [1.54, 1.807) is 27.7 Å². The SMILES string of the molecule is CCc1ccc(-c2ccc(Cl)cc2C)cc1C1C(=O)C(C)(C)C(=O)C(C)(C)C1=O. The summed E-state index contributed by atoms with van der Waals surface area (Å²) in [6.07, 6.45) is 0.696. The van der Waals surface area contributed by atoms with Gasteiger partial charge in [-0.05, 0) is 87.1 Å². The van der Waals surface area contributed by atoms with E-state index in [0.717, 1.165) is 22.3 Å². The molecule has 0 atom stereocenters. The smallest absolute Gasteiger partial charge is 0.160 e. The van der Waals surface area contributed by atoms with Crippen molar-refractivity contribution in [3.8, 4) is 11.1 Å². The number of aryl methyl sites for hydroxylation is 2.